The third-order valence-corrected chi connectivity index (χ3v) is 4.10. The van der Waals surface area contributed by atoms with Gasteiger partial charge in [0.25, 0.3) is 0 Å². The highest BCUT2D eigenvalue weighted by molar-refractivity contribution is 5.55. The Morgan fingerprint density at radius 3 is 1.26 bits per heavy atom. The first-order valence-electron chi connectivity index (χ1n) is 7.13. The Kier molecular flexibility index (Phi) is 4.33. The molecule has 0 aromatic heterocycles. The molecule has 0 heterocycles. The minimum atomic E-state index is -0.280. The molecule has 0 aliphatic heterocycles. The first-order chi connectivity index (χ1) is 11.0. The van der Waals surface area contributed by atoms with Crippen molar-refractivity contribution in [2.24, 2.45) is 0 Å². The predicted molar refractivity (Wildman–Crippen MR) is 96.8 cm³/mol. The summed E-state index contributed by atoms with van der Waals surface area (Å²) >= 11 is 0. The van der Waals surface area contributed by atoms with Crippen molar-refractivity contribution in [1.29, 1.82) is 0 Å². The number of rotatable bonds is 2. The average Bonchev–Trinajstić information content (AvgIpc) is 2.60. The lowest BCUT2D eigenvalue weighted by Crippen LogP contribution is -2.19. The van der Waals surface area contributed by atoms with Crippen LogP contribution in [0.25, 0.3) is 0 Å². The summed E-state index contributed by atoms with van der Waals surface area (Å²) in [6.07, 6.45) is 22.1. The van der Waals surface area contributed by atoms with Crippen LogP contribution in [0.2, 0.25) is 0 Å². The molecular weight excluding hydrogens is 276 g/mol. The van der Waals surface area contributed by atoms with Crippen molar-refractivity contribution >= 4 is 0 Å². The minimum Gasteiger partial charge on any atom is -0.115 e. The SMILES string of the molecule is C#Cc1ccc(C(C)(C)c2ccc(C#C)c(C#C)c2)cc1C#C. The van der Waals surface area contributed by atoms with Gasteiger partial charge in [0, 0.05) is 27.7 Å². The van der Waals surface area contributed by atoms with Gasteiger partial charge >= 0.3 is 0 Å². The Labute approximate surface area is 138 Å². The summed E-state index contributed by atoms with van der Waals surface area (Å²) in [4.78, 5) is 0. The average molecular weight is 292 g/mol. The maximum Gasteiger partial charge on any atom is 0.0402 e. The second-order valence-corrected chi connectivity index (χ2v) is 5.72. The van der Waals surface area contributed by atoms with E-state index in [1.165, 1.54) is 0 Å². The van der Waals surface area contributed by atoms with Gasteiger partial charge in [0.05, 0.1) is 0 Å². The van der Waals surface area contributed by atoms with E-state index in [0.29, 0.717) is 0 Å². The summed E-state index contributed by atoms with van der Waals surface area (Å²) < 4.78 is 0. The van der Waals surface area contributed by atoms with Crippen LogP contribution in [0.15, 0.2) is 36.4 Å². The van der Waals surface area contributed by atoms with E-state index < -0.39 is 0 Å². The third kappa shape index (κ3) is 2.85. The van der Waals surface area contributed by atoms with Crippen molar-refractivity contribution in [1.82, 2.24) is 0 Å². The second-order valence-electron chi connectivity index (χ2n) is 5.72. The Bertz CT molecular complexity index is 848. The van der Waals surface area contributed by atoms with Crippen LogP contribution >= 0.6 is 0 Å². The van der Waals surface area contributed by atoms with Crippen LogP contribution in [0, 0.1) is 49.4 Å². The van der Waals surface area contributed by atoms with Crippen LogP contribution in [-0.2, 0) is 5.41 Å². The maximum absolute atomic E-state index is 5.57. The molecule has 0 unspecified atom stereocenters. The van der Waals surface area contributed by atoms with E-state index in [2.05, 4.69) is 37.5 Å². The van der Waals surface area contributed by atoms with Crippen molar-refractivity contribution in [2.45, 2.75) is 19.3 Å². The molecule has 2 aromatic rings. The first kappa shape index (κ1) is 16.1. The fourth-order valence-corrected chi connectivity index (χ4v) is 2.52. The predicted octanol–water partition coefficient (Wildman–Crippen LogP) is 3.94. The fraction of sp³-hybridized carbons (Fsp3) is 0.130. The topological polar surface area (TPSA) is 0 Å². The zero-order chi connectivity index (χ0) is 17.0. The summed E-state index contributed by atoms with van der Waals surface area (Å²) in [6, 6.07) is 11.7. The van der Waals surface area contributed by atoms with Gasteiger partial charge in [-0.2, -0.15) is 0 Å². The van der Waals surface area contributed by atoms with E-state index in [0.717, 1.165) is 33.4 Å². The Hall–Kier alpha value is -3.32. The molecule has 0 fully saturated rings. The lowest BCUT2D eigenvalue weighted by atomic mass is 9.76. The van der Waals surface area contributed by atoms with E-state index in [-0.39, 0.29) is 5.41 Å². The maximum atomic E-state index is 5.57. The van der Waals surface area contributed by atoms with E-state index in [4.69, 9.17) is 25.7 Å². The summed E-state index contributed by atoms with van der Waals surface area (Å²) in [6.45, 7) is 4.23. The van der Waals surface area contributed by atoms with Gasteiger partial charge in [-0.25, -0.2) is 0 Å². The monoisotopic (exact) mass is 292 g/mol. The van der Waals surface area contributed by atoms with Crippen LogP contribution in [0.1, 0.15) is 47.2 Å². The second kappa shape index (κ2) is 6.20. The van der Waals surface area contributed by atoms with Crippen molar-refractivity contribution < 1.29 is 0 Å². The van der Waals surface area contributed by atoms with E-state index in [9.17, 15) is 0 Å². The molecule has 0 nitrogen and oxygen atoms in total. The number of benzene rings is 2. The molecule has 0 atom stereocenters. The van der Waals surface area contributed by atoms with Crippen molar-refractivity contribution in [3.05, 3.63) is 69.8 Å². The molecule has 0 spiro atoms. The van der Waals surface area contributed by atoms with E-state index in [1.54, 1.807) is 0 Å². The highest BCUT2D eigenvalue weighted by Gasteiger charge is 2.24. The third-order valence-electron chi connectivity index (χ3n) is 4.10. The highest BCUT2D eigenvalue weighted by Crippen LogP contribution is 2.33. The van der Waals surface area contributed by atoms with Gasteiger partial charge in [-0.1, -0.05) is 49.7 Å². The van der Waals surface area contributed by atoms with Gasteiger partial charge in [0.2, 0.25) is 0 Å². The number of hydrogen-bond acceptors (Lipinski definition) is 0. The summed E-state index contributed by atoms with van der Waals surface area (Å²) in [5.41, 5.74) is 4.74. The quantitative estimate of drug-likeness (QED) is 0.736. The highest BCUT2D eigenvalue weighted by atomic mass is 14.3. The fourth-order valence-electron chi connectivity index (χ4n) is 2.52. The smallest absolute Gasteiger partial charge is 0.0402 e. The van der Waals surface area contributed by atoms with Gasteiger partial charge in [-0.15, -0.1) is 25.7 Å². The molecular formula is C23H16. The van der Waals surface area contributed by atoms with Gasteiger partial charge in [-0.3, -0.25) is 0 Å². The Morgan fingerprint density at radius 1 is 0.609 bits per heavy atom. The van der Waals surface area contributed by atoms with Crippen LogP contribution in [-0.4, -0.2) is 0 Å². The lowest BCUT2D eigenvalue weighted by Gasteiger charge is -2.27. The molecule has 0 aliphatic rings. The molecule has 2 rings (SSSR count). The molecule has 0 aliphatic carbocycles. The summed E-state index contributed by atoms with van der Waals surface area (Å²) in [7, 11) is 0. The minimum absolute atomic E-state index is 0.280. The van der Waals surface area contributed by atoms with Gasteiger partial charge in [-0.05, 0) is 35.4 Å². The molecule has 0 radical (unpaired) electrons. The van der Waals surface area contributed by atoms with Gasteiger partial charge in [0.1, 0.15) is 0 Å². The summed E-state index contributed by atoms with van der Waals surface area (Å²) in [5, 5.41) is 0. The number of hydrogen-bond donors (Lipinski definition) is 0. The van der Waals surface area contributed by atoms with E-state index in [1.807, 2.05) is 36.4 Å². The summed E-state index contributed by atoms with van der Waals surface area (Å²) in [5.74, 6) is 10.5. The van der Waals surface area contributed by atoms with Crippen LogP contribution in [0.4, 0.5) is 0 Å². The molecule has 23 heavy (non-hydrogen) atoms. The molecule has 0 saturated heterocycles. The molecule has 0 heteroatoms. The molecule has 2 aromatic carbocycles. The molecule has 108 valence electrons. The lowest BCUT2D eigenvalue weighted by molar-refractivity contribution is 0.640. The van der Waals surface area contributed by atoms with Gasteiger partial charge < -0.3 is 0 Å². The van der Waals surface area contributed by atoms with Crippen molar-refractivity contribution in [3.63, 3.8) is 0 Å². The van der Waals surface area contributed by atoms with Crippen LogP contribution in [0.5, 0.6) is 0 Å². The first-order valence-corrected chi connectivity index (χ1v) is 7.13. The zero-order valence-corrected chi connectivity index (χ0v) is 13.3. The molecule has 0 N–H and O–H groups in total. The molecule has 0 bridgehead atoms. The van der Waals surface area contributed by atoms with Crippen LogP contribution in [0.3, 0.4) is 0 Å². The Morgan fingerprint density at radius 2 is 0.957 bits per heavy atom. The van der Waals surface area contributed by atoms with Crippen molar-refractivity contribution in [3.8, 4) is 49.4 Å². The van der Waals surface area contributed by atoms with Crippen LogP contribution < -0.4 is 0 Å². The molecule has 0 saturated carbocycles. The molecule has 0 amide bonds. The standard InChI is InChI=1S/C23H16/c1-7-17-11-13-21(15-19(17)9-3)23(5,6)22-14-12-18(8-2)20(10-4)16-22/h1-4,11-16H,5-6H3. The normalized spacial score (nSPS) is 10.0. The van der Waals surface area contributed by atoms with E-state index >= 15 is 0 Å². The number of terminal acetylenes is 4. The van der Waals surface area contributed by atoms with Crippen molar-refractivity contribution in [2.75, 3.05) is 0 Å². The zero-order valence-electron chi connectivity index (χ0n) is 13.3. The van der Waals surface area contributed by atoms with Gasteiger partial charge in [0.15, 0.2) is 0 Å². The largest absolute Gasteiger partial charge is 0.115 e. The Balaban J connectivity index is 2.60.